The number of phenols is 2. The molecule has 0 saturated heterocycles. The van der Waals surface area contributed by atoms with Crippen molar-refractivity contribution < 1.29 is 15.0 Å². The molecule has 0 aliphatic carbocycles. The smallest absolute Gasteiger partial charge is 0.255 e. The van der Waals surface area contributed by atoms with E-state index in [0.717, 1.165) is 6.07 Å². The van der Waals surface area contributed by atoms with E-state index in [1.54, 1.807) is 12.1 Å². The van der Waals surface area contributed by atoms with Crippen molar-refractivity contribution in [3.05, 3.63) is 52.0 Å². The van der Waals surface area contributed by atoms with Gasteiger partial charge in [0, 0.05) is 16.7 Å². The number of hydrogen-bond acceptors (Lipinski definition) is 3. The van der Waals surface area contributed by atoms with Crippen LogP contribution in [-0.2, 0) is 0 Å². The van der Waals surface area contributed by atoms with Gasteiger partial charge in [0.25, 0.3) is 5.91 Å². The Hall–Kier alpha value is -1.91. The molecule has 0 atom stereocenters. The summed E-state index contributed by atoms with van der Waals surface area (Å²) in [7, 11) is 0. The average Bonchev–Trinajstić information content (AvgIpc) is 2.32. The van der Waals surface area contributed by atoms with E-state index in [1.165, 1.54) is 18.2 Å². The molecule has 0 aliphatic rings. The van der Waals surface area contributed by atoms with E-state index in [1.807, 2.05) is 0 Å². The zero-order chi connectivity index (χ0) is 14.0. The molecule has 4 nitrogen and oxygen atoms in total. The summed E-state index contributed by atoms with van der Waals surface area (Å²) in [5, 5.41) is 21.9. The molecule has 2 aromatic rings. The van der Waals surface area contributed by atoms with Gasteiger partial charge in [-0.15, -0.1) is 0 Å². The van der Waals surface area contributed by atoms with Crippen LogP contribution in [0.15, 0.2) is 36.4 Å². The molecular formula is C13H9Cl2NO3. The van der Waals surface area contributed by atoms with Crippen LogP contribution in [0.3, 0.4) is 0 Å². The number of rotatable bonds is 2. The maximum absolute atomic E-state index is 11.9. The summed E-state index contributed by atoms with van der Waals surface area (Å²) in [5.41, 5.74) is 0.454. The molecule has 6 heteroatoms. The molecule has 98 valence electrons. The summed E-state index contributed by atoms with van der Waals surface area (Å²) in [6.07, 6.45) is 0. The summed E-state index contributed by atoms with van der Waals surface area (Å²) < 4.78 is 0. The monoisotopic (exact) mass is 297 g/mol. The maximum atomic E-state index is 11.9. The zero-order valence-electron chi connectivity index (χ0n) is 9.52. The van der Waals surface area contributed by atoms with E-state index < -0.39 is 5.91 Å². The highest BCUT2D eigenvalue weighted by molar-refractivity contribution is 6.35. The molecule has 0 unspecified atom stereocenters. The highest BCUT2D eigenvalue weighted by atomic mass is 35.5. The number of amides is 1. The number of carbonyl (C=O) groups is 1. The number of anilines is 1. The number of nitrogens with one attached hydrogen (secondary N) is 1. The number of benzene rings is 2. The van der Waals surface area contributed by atoms with Gasteiger partial charge >= 0.3 is 0 Å². The van der Waals surface area contributed by atoms with Gasteiger partial charge in [-0.05, 0) is 30.3 Å². The van der Waals surface area contributed by atoms with Gasteiger partial charge in [0.05, 0.1) is 10.7 Å². The summed E-state index contributed by atoms with van der Waals surface area (Å²) in [5.74, 6) is -0.931. The average molecular weight is 298 g/mol. The van der Waals surface area contributed by atoms with Crippen molar-refractivity contribution in [1.29, 1.82) is 0 Å². The van der Waals surface area contributed by atoms with Crippen molar-refractivity contribution in [2.75, 3.05) is 5.32 Å². The molecule has 0 spiro atoms. The molecule has 0 bridgehead atoms. The lowest BCUT2D eigenvalue weighted by Crippen LogP contribution is -2.12. The van der Waals surface area contributed by atoms with Crippen LogP contribution in [0.4, 0.5) is 5.69 Å². The van der Waals surface area contributed by atoms with Crippen LogP contribution in [-0.4, -0.2) is 16.1 Å². The summed E-state index contributed by atoms with van der Waals surface area (Å²) in [6, 6.07) is 8.24. The van der Waals surface area contributed by atoms with Crippen LogP contribution in [0.2, 0.25) is 10.0 Å². The molecule has 1 amide bonds. The van der Waals surface area contributed by atoms with Crippen molar-refractivity contribution >= 4 is 34.8 Å². The number of halogens is 2. The third kappa shape index (κ3) is 3.30. The Morgan fingerprint density at radius 3 is 2.26 bits per heavy atom. The molecule has 3 N–H and O–H groups in total. The molecular weight excluding hydrogens is 289 g/mol. The fraction of sp³-hybridized carbons (Fsp3) is 0. The van der Waals surface area contributed by atoms with Crippen molar-refractivity contribution in [3.8, 4) is 11.5 Å². The fourth-order valence-electron chi connectivity index (χ4n) is 1.51. The van der Waals surface area contributed by atoms with Crippen LogP contribution >= 0.6 is 23.2 Å². The molecule has 2 rings (SSSR count). The summed E-state index contributed by atoms with van der Waals surface area (Å²) in [4.78, 5) is 11.9. The molecule has 0 saturated carbocycles. The van der Waals surface area contributed by atoms with E-state index in [4.69, 9.17) is 23.2 Å². The van der Waals surface area contributed by atoms with Crippen LogP contribution < -0.4 is 5.32 Å². The van der Waals surface area contributed by atoms with E-state index in [9.17, 15) is 15.0 Å². The van der Waals surface area contributed by atoms with Gasteiger partial charge in [-0.1, -0.05) is 23.2 Å². The van der Waals surface area contributed by atoms with E-state index in [0.29, 0.717) is 15.7 Å². The second kappa shape index (κ2) is 5.38. The Morgan fingerprint density at radius 2 is 1.63 bits per heavy atom. The second-order valence-electron chi connectivity index (χ2n) is 3.82. The minimum atomic E-state index is -0.518. The SMILES string of the molecule is O=C(Nc1cc(Cl)ccc1Cl)c1cc(O)cc(O)c1. The number of carbonyl (C=O) groups excluding carboxylic acids is 1. The van der Waals surface area contributed by atoms with Crippen LogP contribution in [0.5, 0.6) is 11.5 Å². The lowest BCUT2D eigenvalue weighted by Gasteiger charge is -2.08. The largest absolute Gasteiger partial charge is 0.508 e. The van der Waals surface area contributed by atoms with Crippen molar-refractivity contribution in [3.63, 3.8) is 0 Å². The first kappa shape index (κ1) is 13.5. The standard InChI is InChI=1S/C13H9Cl2NO3/c14-8-1-2-11(15)12(5-8)16-13(19)7-3-9(17)6-10(18)4-7/h1-6,17-18H,(H,16,19). The summed E-state index contributed by atoms with van der Waals surface area (Å²) >= 11 is 11.7. The van der Waals surface area contributed by atoms with Gasteiger partial charge in [0.1, 0.15) is 11.5 Å². The molecule has 0 fully saturated rings. The molecule has 0 radical (unpaired) electrons. The molecule has 2 aromatic carbocycles. The lowest BCUT2D eigenvalue weighted by molar-refractivity contribution is 0.102. The minimum absolute atomic E-state index is 0.105. The Bertz CT molecular complexity index is 624. The topological polar surface area (TPSA) is 69.6 Å². The predicted molar refractivity (Wildman–Crippen MR) is 74.2 cm³/mol. The van der Waals surface area contributed by atoms with E-state index >= 15 is 0 Å². The van der Waals surface area contributed by atoms with Crippen molar-refractivity contribution in [2.24, 2.45) is 0 Å². The highest BCUT2D eigenvalue weighted by Crippen LogP contribution is 2.27. The van der Waals surface area contributed by atoms with Gasteiger partial charge in [0.2, 0.25) is 0 Å². The first-order valence-electron chi connectivity index (χ1n) is 5.25. The quantitative estimate of drug-likeness (QED) is 0.792. The Labute approximate surface area is 119 Å². The molecule has 0 heterocycles. The Balaban J connectivity index is 2.28. The zero-order valence-corrected chi connectivity index (χ0v) is 11.0. The highest BCUT2D eigenvalue weighted by Gasteiger charge is 2.11. The van der Waals surface area contributed by atoms with Gasteiger partial charge in [-0.25, -0.2) is 0 Å². The third-order valence-corrected chi connectivity index (χ3v) is 2.91. The van der Waals surface area contributed by atoms with Crippen LogP contribution in [0, 0.1) is 0 Å². The van der Waals surface area contributed by atoms with Crippen LogP contribution in [0.1, 0.15) is 10.4 Å². The van der Waals surface area contributed by atoms with Crippen molar-refractivity contribution in [1.82, 2.24) is 0 Å². The van der Waals surface area contributed by atoms with E-state index in [2.05, 4.69) is 5.32 Å². The third-order valence-electron chi connectivity index (χ3n) is 2.34. The molecule has 0 aromatic heterocycles. The second-order valence-corrected chi connectivity index (χ2v) is 4.66. The Kier molecular flexibility index (Phi) is 3.83. The summed E-state index contributed by atoms with van der Waals surface area (Å²) in [6.45, 7) is 0. The maximum Gasteiger partial charge on any atom is 0.255 e. The molecule has 0 aliphatic heterocycles. The van der Waals surface area contributed by atoms with Crippen LogP contribution in [0.25, 0.3) is 0 Å². The first-order chi connectivity index (χ1) is 8.95. The van der Waals surface area contributed by atoms with Gasteiger partial charge in [-0.2, -0.15) is 0 Å². The number of phenolic OH excluding ortho intramolecular Hbond substituents is 2. The van der Waals surface area contributed by atoms with E-state index in [-0.39, 0.29) is 17.1 Å². The number of aromatic hydroxyl groups is 2. The first-order valence-corrected chi connectivity index (χ1v) is 6.01. The fourth-order valence-corrected chi connectivity index (χ4v) is 1.85. The van der Waals surface area contributed by atoms with Crippen molar-refractivity contribution in [2.45, 2.75) is 0 Å². The lowest BCUT2D eigenvalue weighted by atomic mass is 10.2. The van der Waals surface area contributed by atoms with Gasteiger partial charge in [0.15, 0.2) is 0 Å². The Morgan fingerprint density at radius 1 is 1.00 bits per heavy atom. The van der Waals surface area contributed by atoms with Gasteiger partial charge in [-0.3, -0.25) is 4.79 Å². The normalized spacial score (nSPS) is 10.2. The predicted octanol–water partition coefficient (Wildman–Crippen LogP) is 3.66. The molecule has 19 heavy (non-hydrogen) atoms. The number of hydrogen-bond donors (Lipinski definition) is 3. The van der Waals surface area contributed by atoms with Gasteiger partial charge < -0.3 is 15.5 Å². The minimum Gasteiger partial charge on any atom is -0.508 e.